The summed E-state index contributed by atoms with van der Waals surface area (Å²) in [5, 5.41) is 4.19. The van der Waals surface area contributed by atoms with Gasteiger partial charge in [-0.05, 0) is 48.9 Å². The Morgan fingerprint density at radius 2 is 2.00 bits per heavy atom. The molecule has 1 unspecified atom stereocenters. The van der Waals surface area contributed by atoms with Crippen LogP contribution in [0, 0.1) is 18.3 Å². The van der Waals surface area contributed by atoms with Crippen LogP contribution in [-0.4, -0.2) is 13.6 Å². The lowest BCUT2D eigenvalue weighted by atomic mass is 9.74. The van der Waals surface area contributed by atoms with Crippen LogP contribution in [-0.2, 0) is 6.42 Å². The zero-order valence-corrected chi connectivity index (χ0v) is 12.4. The van der Waals surface area contributed by atoms with E-state index in [2.05, 4.69) is 51.2 Å². The van der Waals surface area contributed by atoms with Crippen molar-refractivity contribution in [2.45, 2.75) is 34.1 Å². The smallest absolute Gasteiger partial charge is 0.0440 e. The first-order valence-corrected chi connectivity index (χ1v) is 6.66. The quantitative estimate of drug-likeness (QED) is 0.834. The number of aryl methyl sites for hydroxylation is 1. The Hall–Kier alpha value is -0.530. The van der Waals surface area contributed by atoms with Crippen LogP contribution in [0.2, 0.25) is 5.02 Å². The molecule has 1 aromatic rings. The van der Waals surface area contributed by atoms with Gasteiger partial charge in [-0.3, -0.25) is 0 Å². The van der Waals surface area contributed by atoms with Gasteiger partial charge >= 0.3 is 0 Å². The number of hydrogen-bond acceptors (Lipinski definition) is 1. The third-order valence-corrected chi connectivity index (χ3v) is 4.13. The van der Waals surface area contributed by atoms with Crippen LogP contribution in [0.3, 0.4) is 0 Å². The Balaban J connectivity index is 2.93. The Morgan fingerprint density at radius 1 is 1.35 bits per heavy atom. The minimum absolute atomic E-state index is 0.244. The minimum atomic E-state index is 0.244. The molecule has 1 aromatic carbocycles. The van der Waals surface area contributed by atoms with Gasteiger partial charge in [-0.1, -0.05) is 44.5 Å². The average Bonchev–Trinajstić information content (AvgIpc) is 2.22. The molecule has 1 N–H and O–H groups in total. The van der Waals surface area contributed by atoms with Crippen LogP contribution in [0.15, 0.2) is 18.2 Å². The highest BCUT2D eigenvalue weighted by atomic mass is 35.5. The third kappa shape index (κ3) is 3.72. The Morgan fingerprint density at radius 3 is 2.47 bits per heavy atom. The van der Waals surface area contributed by atoms with E-state index in [0.717, 1.165) is 18.0 Å². The lowest BCUT2D eigenvalue weighted by Gasteiger charge is -2.34. The topological polar surface area (TPSA) is 12.0 Å². The third-order valence-electron chi connectivity index (χ3n) is 3.78. The van der Waals surface area contributed by atoms with Gasteiger partial charge in [-0.25, -0.2) is 0 Å². The largest absolute Gasteiger partial charge is 0.319 e. The van der Waals surface area contributed by atoms with Crippen molar-refractivity contribution in [2.75, 3.05) is 13.6 Å². The minimum Gasteiger partial charge on any atom is -0.319 e. The highest BCUT2D eigenvalue weighted by molar-refractivity contribution is 6.31. The summed E-state index contributed by atoms with van der Waals surface area (Å²) in [6.07, 6.45) is 1.02. The van der Waals surface area contributed by atoms with Crippen molar-refractivity contribution in [3.05, 3.63) is 34.3 Å². The van der Waals surface area contributed by atoms with Crippen molar-refractivity contribution in [1.82, 2.24) is 5.32 Å². The maximum atomic E-state index is 6.32. The molecule has 0 heterocycles. The molecule has 0 saturated heterocycles. The lowest BCUT2D eigenvalue weighted by Crippen LogP contribution is -2.36. The summed E-state index contributed by atoms with van der Waals surface area (Å²) in [7, 11) is 2.01. The molecule has 0 fully saturated rings. The van der Waals surface area contributed by atoms with E-state index in [1.807, 2.05) is 7.05 Å². The molecule has 0 aliphatic carbocycles. The van der Waals surface area contributed by atoms with Crippen LogP contribution >= 0.6 is 11.6 Å². The number of nitrogens with one attached hydrogen (secondary N) is 1. The molecule has 0 aromatic heterocycles. The first-order valence-electron chi connectivity index (χ1n) is 6.28. The van der Waals surface area contributed by atoms with Gasteiger partial charge in [0.2, 0.25) is 0 Å². The lowest BCUT2D eigenvalue weighted by molar-refractivity contribution is 0.212. The number of halogens is 1. The van der Waals surface area contributed by atoms with Crippen molar-refractivity contribution in [2.24, 2.45) is 11.3 Å². The zero-order valence-electron chi connectivity index (χ0n) is 11.6. The molecule has 0 amide bonds. The number of benzene rings is 1. The highest BCUT2D eigenvalue weighted by Crippen LogP contribution is 2.33. The Labute approximate surface area is 111 Å². The fraction of sp³-hybridized carbons (Fsp3) is 0.600. The Bertz CT molecular complexity index is 373. The van der Waals surface area contributed by atoms with Crippen molar-refractivity contribution in [3.63, 3.8) is 0 Å². The van der Waals surface area contributed by atoms with Crippen molar-refractivity contribution in [3.8, 4) is 0 Å². The Kier molecular flexibility index (Phi) is 5.03. The molecule has 0 bridgehead atoms. The predicted octanol–water partition coefficient (Wildman–Crippen LogP) is 4.07. The van der Waals surface area contributed by atoms with Gasteiger partial charge in [-0.2, -0.15) is 0 Å². The van der Waals surface area contributed by atoms with E-state index in [-0.39, 0.29) is 5.41 Å². The van der Waals surface area contributed by atoms with Gasteiger partial charge in [0.15, 0.2) is 0 Å². The number of hydrogen-bond donors (Lipinski definition) is 1. The molecule has 1 nitrogen and oxygen atoms in total. The summed E-state index contributed by atoms with van der Waals surface area (Å²) in [5.74, 6) is 0.618. The summed E-state index contributed by atoms with van der Waals surface area (Å²) in [5.41, 5.74) is 2.72. The molecule has 96 valence electrons. The van der Waals surface area contributed by atoms with E-state index in [9.17, 15) is 0 Å². The summed E-state index contributed by atoms with van der Waals surface area (Å²) >= 11 is 6.32. The monoisotopic (exact) mass is 253 g/mol. The van der Waals surface area contributed by atoms with Crippen LogP contribution in [0.25, 0.3) is 0 Å². The molecule has 0 aliphatic heterocycles. The van der Waals surface area contributed by atoms with Gasteiger partial charge in [-0.15, -0.1) is 0 Å². The summed E-state index contributed by atoms with van der Waals surface area (Å²) in [6.45, 7) is 9.96. The first-order chi connectivity index (χ1) is 7.89. The van der Waals surface area contributed by atoms with E-state index in [0.29, 0.717) is 5.92 Å². The summed E-state index contributed by atoms with van der Waals surface area (Å²) in [6, 6.07) is 6.35. The molecule has 0 saturated carbocycles. The fourth-order valence-electron chi connectivity index (χ4n) is 2.11. The second-order valence-corrected chi connectivity index (χ2v) is 6.02. The van der Waals surface area contributed by atoms with Gasteiger partial charge in [0.05, 0.1) is 0 Å². The van der Waals surface area contributed by atoms with Crippen LogP contribution in [0.4, 0.5) is 0 Å². The maximum absolute atomic E-state index is 6.32. The standard InChI is InChI=1S/C15H24ClN/c1-11(2)15(4,10-17-5)9-13-7-6-12(3)8-14(13)16/h6-8,11,17H,9-10H2,1-5H3. The molecule has 0 radical (unpaired) electrons. The fourth-order valence-corrected chi connectivity index (χ4v) is 2.41. The molecule has 2 heteroatoms. The molecule has 17 heavy (non-hydrogen) atoms. The second-order valence-electron chi connectivity index (χ2n) is 5.61. The zero-order chi connectivity index (χ0) is 13.1. The maximum Gasteiger partial charge on any atom is 0.0440 e. The van der Waals surface area contributed by atoms with Crippen molar-refractivity contribution >= 4 is 11.6 Å². The van der Waals surface area contributed by atoms with Crippen LogP contribution < -0.4 is 5.32 Å². The van der Waals surface area contributed by atoms with Crippen LogP contribution in [0.5, 0.6) is 0 Å². The molecule has 1 rings (SSSR count). The highest BCUT2D eigenvalue weighted by Gasteiger charge is 2.28. The predicted molar refractivity (Wildman–Crippen MR) is 76.8 cm³/mol. The van der Waals surface area contributed by atoms with Crippen LogP contribution in [0.1, 0.15) is 31.9 Å². The van der Waals surface area contributed by atoms with E-state index in [4.69, 9.17) is 11.6 Å². The van der Waals surface area contributed by atoms with Gasteiger partial charge < -0.3 is 5.32 Å². The molecule has 1 atom stereocenters. The summed E-state index contributed by atoms with van der Waals surface area (Å²) in [4.78, 5) is 0. The first kappa shape index (κ1) is 14.5. The SMILES string of the molecule is CNCC(C)(Cc1ccc(C)cc1Cl)C(C)C. The van der Waals surface area contributed by atoms with Gasteiger partial charge in [0.1, 0.15) is 0 Å². The van der Waals surface area contributed by atoms with E-state index in [1.54, 1.807) is 0 Å². The molecular weight excluding hydrogens is 230 g/mol. The van der Waals surface area contributed by atoms with Crippen molar-refractivity contribution < 1.29 is 0 Å². The average molecular weight is 254 g/mol. The molecule has 0 spiro atoms. The van der Waals surface area contributed by atoms with Gasteiger partial charge in [0, 0.05) is 11.6 Å². The normalized spacial score (nSPS) is 15.0. The second kappa shape index (κ2) is 5.88. The number of rotatable bonds is 5. The summed E-state index contributed by atoms with van der Waals surface area (Å²) < 4.78 is 0. The molecule has 0 aliphatic rings. The van der Waals surface area contributed by atoms with Gasteiger partial charge in [0.25, 0.3) is 0 Å². The van der Waals surface area contributed by atoms with Crippen molar-refractivity contribution in [1.29, 1.82) is 0 Å². The van der Waals surface area contributed by atoms with E-state index >= 15 is 0 Å². The van der Waals surface area contributed by atoms with E-state index < -0.39 is 0 Å². The van der Waals surface area contributed by atoms with E-state index in [1.165, 1.54) is 11.1 Å². The molecular formula is C15H24ClN.